The molecule has 1 aromatic heterocycles. The summed E-state index contributed by atoms with van der Waals surface area (Å²) in [5, 5.41) is 5.89. The Morgan fingerprint density at radius 2 is 1.10 bits per heavy atom. The van der Waals surface area contributed by atoms with E-state index in [1.807, 2.05) is 12.1 Å². The van der Waals surface area contributed by atoms with Gasteiger partial charge in [-0.15, -0.1) is 0 Å². The van der Waals surface area contributed by atoms with Crippen molar-refractivity contribution in [3.8, 4) is 33.4 Å². The molecule has 2 heterocycles. The van der Waals surface area contributed by atoms with Gasteiger partial charge in [-0.05, 0) is 69.8 Å². The fourth-order valence-electron chi connectivity index (χ4n) is 6.97. The monoisotopic (exact) mass is 616 g/mol. The van der Waals surface area contributed by atoms with E-state index in [0.29, 0.717) is 0 Å². The summed E-state index contributed by atoms with van der Waals surface area (Å²) >= 11 is 0. The highest BCUT2D eigenvalue weighted by molar-refractivity contribution is 6.07. The normalized spacial score (nSPS) is 12.4. The fourth-order valence-corrected chi connectivity index (χ4v) is 6.97. The van der Waals surface area contributed by atoms with E-state index in [1.165, 1.54) is 27.8 Å². The van der Waals surface area contributed by atoms with Crippen molar-refractivity contribution in [3.05, 3.63) is 187 Å². The summed E-state index contributed by atoms with van der Waals surface area (Å²) in [4.78, 5) is 2.39. The maximum atomic E-state index is 6.40. The molecule has 8 aromatic rings. The first-order valence-electron chi connectivity index (χ1n) is 16.4. The topological polar surface area (TPSA) is 28.4 Å². The average Bonchev–Trinajstić information content (AvgIpc) is 3.53. The number of rotatable bonds is 6. The van der Waals surface area contributed by atoms with Crippen LogP contribution in [0, 0.1) is 0 Å². The molecule has 3 nitrogen and oxygen atoms in total. The summed E-state index contributed by atoms with van der Waals surface area (Å²) in [7, 11) is 0. The second-order valence-electron chi connectivity index (χ2n) is 12.2. The molecule has 7 aromatic carbocycles. The minimum absolute atomic E-state index is 0.746. The third-order valence-electron chi connectivity index (χ3n) is 9.31. The van der Waals surface area contributed by atoms with Crippen molar-refractivity contribution in [2.75, 3.05) is 4.90 Å². The number of furan rings is 1. The van der Waals surface area contributed by atoms with Crippen molar-refractivity contribution in [1.29, 1.82) is 0 Å². The van der Waals surface area contributed by atoms with Crippen LogP contribution in [0.3, 0.4) is 0 Å². The van der Waals surface area contributed by atoms with Crippen molar-refractivity contribution < 1.29 is 4.42 Å². The molecule has 48 heavy (non-hydrogen) atoms. The maximum Gasteiger partial charge on any atom is 0.136 e. The van der Waals surface area contributed by atoms with E-state index in [2.05, 4.69) is 174 Å². The molecule has 1 aliphatic heterocycles. The number of para-hydroxylation sites is 2. The molecule has 0 bridgehead atoms. The highest BCUT2D eigenvalue weighted by atomic mass is 16.3. The van der Waals surface area contributed by atoms with Crippen molar-refractivity contribution in [1.82, 2.24) is 5.32 Å². The predicted molar refractivity (Wildman–Crippen MR) is 200 cm³/mol. The molecule has 0 saturated carbocycles. The number of nitrogens with zero attached hydrogens (tertiary/aromatic N) is 1. The number of hydrogen-bond acceptors (Lipinski definition) is 3. The number of nitrogens with one attached hydrogen (secondary N) is 1. The average molecular weight is 617 g/mol. The molecule has 0 aliphatic carbocycles. The van der Waals surface area contributed by atoms with Gasteiger partial charge >= 0.3 is 0 Å². The van der Waals surface area contributed by atoms with E-state index >= 15 is 0 Å². The molecule has 0 radical (unpaired) electrons. The van der Waals surface area contributed by atoms with E-state index in [4.69, 9.17) is 4.42 Å². The first-order valence-corrected chi connectivity index (χ1v) is 16.4. The van der Waals surface area contributed by atoms with Crippen LogP contribution in [-0.4, -0.2) is 0 Å². The highest BCUT2D eigenvalue weighted by Crippen LogP contribution is 2.44. The lowest BCUT2D eigenvalue weighted by atomic mass is 9.95. The van der Waals surface area contributed by atoms with Gasteiger partial charge in [-0.2, -0.15) is 0 Å². The Morgan fingerprint density at radius 1 is 0.458 bits per heavy atom. The molecule has 0 fully saturated rings. The van der Waals surface area contributed by atoms with Crippen LogP contribution >= 0.6 is 0 Å². The molecule has 1 aliphatic rings. The Kier molecular flexibility index (Phi) is 6.87. The molecular formula is C45H32N2O. The van der Waals surface area contributed by atoms with Crippen LogP contribution in [0.25, 0.3) is 61.0 Å². The van der Waals surface area contributed by atoms with Gasteiger partial charge in [0, 0.05) is 40.3 Å². The summed E-state index contributed by atoms with van der Waals surface area (Å²) in [6, 6.07) is 60.4. The smallest absolute Gasteiger partial charge is 0.136 e. The van der Waals surface area contributed by atoms with Gasteiger partial charge in [0.25, 0.3) is 0 Å². The Bertz CT molecular complexity index is 2440. The zero-order valence-corrected chi connectivity index (χ0v) is 26.3. The van der Waals surface area contributed by atoms with Crippen LogP contribution in [-0.2, 0) is 6.54 Å². The lowest BCUT2D eigenvalue weighted by Gasteiger charge is -2.33. The van der Waals surface area contributed by atoms with E-state index < -0.39 is 0 Å². The molecule has 9 rings (SSSR count). The summed E-state index contributed by atoms with van der Waals surface area (Å²) in [6.07, 6.45) is 2.15. The number of fused-ring (bicyclic) bond motifs is 4. The molecule has 0 amide bonds. The molecule has 3 heteroatoms. The maximum absolute atomic E-state index is 6.40. The van der Waals surface area contributed by atoms with Gasteiger partial charge in [-0.3, -0.25) is 0 Å². The standard InChI is InChI=1S/C45H32N2O/c1-3-12-31(13-4-1)32-22-24-33(25-23-32)35-16-11-17-37(26-35)47(42-20-9-7-18-38(42)34-14-5-2-6-15-34)43-30-46-29-36-27-41-39-19-8-10-21-44(39)48-45(41)28-40(36)43/h1-28,30,46H,29H2. The van der Waals surface area contributed by atoms with Gasteiger partial charge in [-0.1, -0.05) is 133 Å². The van der Waals surface area contributed by atoms with Gasteiger partial charge in [0.1, 0.15) is 11.2 Å². The first kappa shape index (κ1) is 27.9. The summed E-state index contributed by atoms with van der Waals surface area (Å²) in [6.45, 7) is 0.746. The summed E-state index contributed by atoms with van der Waals surface area (Å²) < 4.78 is 6.40. The fraction of sp³-hybridized carbons (Fsp3) is 0.0222. The van der Waals surface area contributed by atoms with Gasteiger partial charge in [0.15, 0.2) is 0 Å². The number of hydrogen-bond donors (Lipinski definition) is 1. The van der Waals surface area contributed by atoms with Crippen molar-refractivity contribution in [2.45, 2.75) is 6.54 Å². The zero-order chi connectivity index (χ0) is 31.9. The predicted octanol–water partition coefficient (Wildman–Crippen LogP) is 11.8. The minimum Gasteiger partial charge on any atom is -0.456 e. The van der Waals surface area contributed by atoms with Gasteiger partial charge < -0.3 is 14.6 Å². The van der Waals surface area contributed by atoms with Crippen LogP contribution < -0.4 is 10.2 Å². The third kappa shape index (κ3) is 4.94. The Labute approximate surface area is 280 Å². The van der Waals surface area contributed by atoms with Crippen LogP contribution in [0.1, 0.15) is 11.1 Å². The second kappa shape index (κ2) is 11.8. The van der Waals surface area contributed by atoms with Crippen molar-refractivity contribution >= 4 is 39.0 Å². The molecular weight excluding hydrogens is 585 g/mol. The number of benzene rings is 7. The summed E-state index contributed by atoms with van der Waals surface area (Å²) in [5.74, 6) is 0. The highest BCUT2D eigenvalue weighted by Gasteiger charge is 2.25. The minimum atomic E-state index is 0.746. The second-order valence-corrected chi connectivity index (χ2v) is 12.2. The lowest BCUT2D eigenvalue weighted by molar-refractivity contribution is 0.668. The Hall–Kier alpha value is -6.32. The molecule has 228 valence electrons. The van der Waals surface area contributed by atoms with Gasteiger partial charge in [0.2, 0.25) is 0 Å². The van der Waals surface area contributed by atoms with E-state index in [0.717, 1.165) is 62.2 Å². The lowest BCUT2D eigenvalue weighted by Crippen LogP contribution is -2.24. The van der Waals surface area contributed by atoms with E-state index in [1.54, 1.807) is 0 Å². The largest absolute Gasteiger partial charge is 0.456 e. The van der Waals surface area contributed by atoms with Gasteiger partial charge in [0.05, 0.1) is 11.4 Å². The Morgan fingerprint density at radius 3 is 1.92 bits per heavy atom. The zero-order valence-electron chi connectivity index (χ0n) is 26.3. The summed E-state index contributed by atoms with van der Waals surface area (Å²) in [5.41, 5.74) is 14.5. The quantitative estimate of drug-likeness (QED) is 0.201. The molecule has 0 saturated heterocycles. The van der Waals surface area contributed by atoms with Crippen LogP contribution in [0.5, 0.6) is 0 Å². The third-order valence-corrected chi connectivity index (χ3v) is 9.31. The molecule has 0 spiro atoms. The van der Waals surface area contributed by atoms with Crippen LogP contribution in [0.4, 0.5) is 11.4 Å². The van der Waals surface area contributed by atoms with Gasteiger partial charge in [-0.25, -0.2) is 0 Å². The molecule has 0 atom stereocenters. The SMILES string of the molecule is C1=C(N(c2cccc(-c3ccc(-c4ccccc4)cc3)c2)c2ccccc2-c2ccccc2)c2cc3oc4ccccc4c3cc2CN1. The van der Waals surface area contributed by atoms with E-state index in [9.17, 15) is 0 Å². The van der Waals surface area contributed by atoms with Crippen LogP contribution in [0.15, 0.2) is 180 Å². The van der Waals surface area contributed by atoms with E-state index in [-0.39, 0.29) is 0 Å². The van der Waals surface area contributed by atoms with Crippen LogP contribution in [0.2, 0.25) is 0 Å². The molecule has 1 N–H and O–H groups in total. The Balaban J connectivity index is 1.21. The molecule has 0 unspecified atom stereocenters. The number of anilines is 2. The van der Waals surface area contributed by atoms with Crippen molar-refractivity contribution in [2.24, 2.45) is 0 Å². The first-order chi connectivity index (χ1) is 23.8. The van der Waals surface area contributed by atoms with Crippen molar-refractivity contribution in [3.63, 3.8) is 0 Å².